The van der Waals surface area contributed by atoms with Gasteiger partial charge in [-0.25, -0.2) is 19.9 Å². The van der Waals surface area contributed by atoms with Crippen LogP contribution in [0.15, 0.2) is 55.0 Å². The van der Waals surface area contributed by atoms with Gasteiger partial charge >= 0.3 is 0 Å². The lowest BCUT2D eigenvalue weighted by atomic mass is 10.1. The predicted molar refractivity (Wildman–Crippen MR) is 107 cm³/mol. The van der Waals surface area contributed by atoms with Gasteiger partial charge in [0.15, 0.2) is 0 Å². The number of amides is 1. The summed E-state index contributed by atoms with van der Waals surface area (Å²) in [6.45, 7) is 4.61. The zero-order valence-corrected chi connectivity index (χ0v) is 15.8. The summed E-state index contributed by atoms with van der Waals surface area (Å²) in [6, 6.07) is 12.0. The molecule has 3 aromatic rings. The lowest BCUT2D eigenvalue weighted by Crippen LogP contribution is -2.49. The highest BCUT2D eigenvalue weighted by atomic mass is 16.2. The number of carbonyl (C=O) groups excluding carboxylic acids is 1. The van der Waals surface area contributed by atoms with Crippen molar-refractivity contribution in [3.63, 3.8) is 0 Å². The highest BCUT2D eigenvalue weighted by Crippen LogP contribution is 2.19. The molecule has 1 amide bonds. The monoisotopic (exact) mass is 374 g/mol. The van der Waals surface area contributed by atoms with Gasteiger partial charge in [0.1, 0.15) is 5.82 Å². The molecule has 0 radical (unpaired) electrons. The molecule has 1 aromatic carbocycles. The van der Waals surface area contributed by atoms with E-state index in [1.807, 2.05) is 48.2 Å². The van der Waals surface area contributed by atoms with Gasteiger partial charge in [-0.2, -0.15) is 0 Å². The van der Waals surface area contributed by atoms with Gasteiger partial charge in [0.2, 0.25) is 5.95 Å². The first-order valence-corrected chi connectivity index (χ1v) is 9.48. The molecule has 7 nitrogen and oxygen atoms in total. The van der Waals surface area contributed by atoms with Crippen LogP contribution < -0.4 is 4.90 Å². The van der Waals surface area contributed by atoms with E-state index in [1.165, 1.54) is 0 Å². The summed E-state index contributed by atoms with van der Waals surface area (Å²) in [4.78, 5) is 34.2. The zero-order valence-electron chi connectivity index (χ0n) is 15.8. The molecule has 0 N–H and O–H groups in total. The van der Waals surface area contributed by atoms with Gasteiger partial charge in [0, 0.05) is 56.8 Å². The molecule has 0 atom stereocenters. The molecule has 0 bridgehead atoms. The van der Waals surface area contributed by atoms with Crippen LogP contribution in [0.3, 0.4) is 0 Å². The first kappa shape index (κ1) is 18.0. The zero-order chi connectivity index (χ0) is 19.3. The minimum Gasteiger partial charge on any atom is -0.337 e. The Bertz CT molecular complexity index is 937. The average molecular weight is 374 g/mol. The minimum absolute atomic E-state index is 0.0266. The number of benzene rings is 1. The SMILES string of the molecule is CCc1ncc(C(=O)N2CCN(c3nccc(-c4ccccc4)n3)CC2)cn1. The van der Waals surface area contributed by atoms with Crippen molar-refractivity contribution in [3.8, 4) is 11.3 Å². The summed E-state index contributed by atoms with van der Waals surface area (Å²) in [5.74, 6) is 1.42. The number of aromatic nitrogens is 4. The number of hydrogen-bond acceptors (Lipinski definition) is 6. The van der Waals surface area contributed by atoms with Crippen molar-refractivity contribution in [2.24, 2.45) is 0 Å². The molecule has 1 aliphatic heterocycles. The molecular formula is C21H22N6O. The lowest BCUT2D eigenvalue weighted by Gasteiger charge is -2.34. The van der Waals surface area contributed by atoms with Crippen LogP contribution in [0.5, 0.6) is 0 Å². The van der Waals surface area contributed by atoms with Crippen molar-refractivity contribution in [1.29, 1.82) is 0 Å². The van der Waals surface area contributed by atoms with E-state index >= 15 is 0 Å². The second-order valence-corrected chi connectivity index (χ2v) is 6.63. The fraction of sp³-hybridized carbons (Fsp3) is 0.286. The smallest absolute Gasteiger partial charge is 0.257 e. The first-order chi connectivity index (χ1) is 13.7. The third-order valence-electron chi connectivity index (χ3n) is 4.83. The molecule has 1 fully saturated rings. The van der Waals surface area contributed by atoms with Gasteiger partial charge in [-0.1, -0.05) is 37.3 Å². The summed E-state index contributed by atoms with van der Waals surface area (Å²) in [7, 11) is 0. The topological polar surface area (TPSA) is 75.1 Å². The van der Waals surface area contributed by atoms with E-state index in [2.05, 4.69) is 19.9 Å². The van der Waals surface area contributed by atoms with Crippen LogP contribution in [-0.2, 0) is 6.42 Å². The molecule has 28 heavy (non-hydrogen) atoms. The first-order valence-electron chi connectivity index (χ1n) is 9.48. The van der Waals surface area contributed by atoms with Crippen LogP contribution in [0, 0.1) is 0 Å². The minimum atomic E-state index is -0.0266. The van der Waals surface area contributed by atoms with Crippen molar-refractivity contribution in [3.05, 3.63) is 66.4 Å². The van der Waals surface area contributed by atoms with Crippen molar-refractivity contribution in [2.75, 3.05) is 31.1 Å². The molecule has 142 valence electrons. The Morgan fingerprint density at radius 3 is 2.36 bits per heavy atom. The van der Waals surface area contributed by atoms with Crippen LogP contribution in [0.2, 0.25) is 0 Å². The molecule has 0 unspecified atom stereocenters. The van der Waals surface area contributed by atoms with E-state index in [0.717, 1.165) is 23.5 Å². The van der Waals surface area contributed by atoms with Crippen molar-refractivity contribution in [1.82, 2.24) is 24.8 Å². The lowest BCUT2D eigenvalue weighted by molar-refractivity contribution is 0.0745. The predicted octanol–water partition coefficient (Wildman–Crippen LogP) is 2.46. The molecule has 1 aliphatic rings. The Kier molecular flexibility index (Phi) is 5.23. The molecule has 4 rings (SSSR count). The molecular weight excluding hydrogens is 352 g/mol. The summed E-state index contributed by atoms with van der Waals surface area (Å²) in [5, 5.41) is 0. The van der Waals surface area contributed by atoms with E-state index in [4.69, 9.17) is 4.98 Å². The molecule has 2 aromatic heterocycles. The second-order valence-electron chi connectivity index (χ2n) is 6.63. The number of rotatable bonds is 4. The number of aryl methyl sites for hydroxylation is 1. The Balaban J connectivity index is 1.42. The van der Waals surface area contributed by atoms with Gasteiger partial charge in [0.05, 0.1) is 11.3 Å². The van der Waals surface area contributed by atoms with E-state index in [9.17, 15) is 4.79 Å². The third kappa shape index (κ3) is 3.83. The van der Waals surface area contributed by atoms with Crippen LogP contribution in [0.1, 0.15) is 23.1 Å². The van der Waals surface area contributed by atoms with Crippen LogP contribution in [-0.4, -0.2) is 56.9 Å². The Hall–Kier alpha value is -3.35. The van der Waals surface area contributed by atoms with Crippen molar-refractivity contribution >= 4 is 11.9 Å². The fourth-order valence-corrected chi connectivity index (χ4v) is 3.21. The summed E-state index contributed by atoms with van der Waals surface area (Å²) in [6.07, 6.45) is 5.78. The van der Waals surface area contributed by atoms with Gasteiger partial charge in [-0.3, -0.25) is 4.79 Å². The quantitative estimate of drug-likeness (QED) is 0.698. The maximum atomic E-state index is 12.7. The molecule has 1 saturated heterocycles. The molecule has 0 saturated carbocycles. The van der Waals surface area contributed by atoms with Gasteiger partial charge in [-0.05, 0) is 6.07 Å². The Morgan fingerprint density at radius 2 is 1.68 bits per heavy atom. The van der Waals surface area contributed by atoms with E-state index < -0.39 is 0 Å². The van der Waals surface area contributed by atoms with Crippen LogP contribution in [0.4, 0.5) is 5.95 Å². The summed E-state index contributed by atoms with van der Waals surface area (Å²) in [5.41, 5.74) is 2.50. The van der Waals surface area contributed by atoms with E-state index in [1.54, 1.807) is 18.6 Å². The van der Waals surface area contributed by atoms with E-state index in [-0.39, 0.29) is 5.91 Å². The third-order valence-corrected chi connectivity index (χ3v) is 4.83. The van der Waals surface area contributed by atoms with Gasteiger partial charge in [0.25, 0.3) is 5.91 Å². The number of piperazine rings is 1. The highest BCUT2D eigenvalue weighted by molar-refractivity contribution is 5.93. The molecule has 0 spiro atoms. The summed E-state index contributed by atoms with van der Waals surface area (Å²) >= 11 is 0. The highest BCUT2D eigenvalue weighted by Gasteiger charge is 2.24. The summed E-state index contributed by atoms with van der Waals surface area (Å²) < 4.78 is 0. The largest absolute Gasteiger partial charge is 0.337 e. The normalized spacial score (nSPS) is 14.2. The maximum Gasteiger partial charge on any atom is 0.257 e. The van der Waals surface area contributed by atoms with E-state index in [0.29, 0.717) is 37.7 Å². The second kappa shape index (κ2) is 8.12. The van der Waals surface area contributed by atoms with Crippen molar-refractivity contribution < 1.29 is 4.79 Å². The average Bonchev–Trinajstić information content (AvgIpc) is 2.79. The Labute approximate surface area is 164 Å². The fourth-order valence-electron chi connectivity index (χ4n) is 3.21. The number of hydrogen-bond donors (Lipinski definition) is 0. The van der Waals surface area contributed by atoms with Gasteiger partial charge in [-0.15, -0.1) is 0 Å². The number of carbonyl (C=O) groups is 1. The standard InChI is InChI=1S/C21H22N6O/c1-2-19-23-14-17(15-24-19)20(28)26-10-12-27(13-11-26)21-22-9-8-18(25-21)16-6-4-3-5-7-16/h3-9,14-15H,2,10-13H2,1H3. The molecule has 3 heterocycles. The molecule has 0 aliphatic carbocycles. The maximum absolute atomic E-state index is 12.7. The molecule has 7 heteroatoms. The number of nitrogens with zero attached hydrogens (tertiary/aromatic N) is 6. The van der Waals surface area contributed by atoms with Gasteiger partial charge < -0.3 is 9.80 Å². The van der Waals surface area contributed by atoms with Crippen LogP contribution in [0.25, 0.3) is 11.3 Å². The van der Waals surface area contributed by atoms with Crippen molar-refractivity contribution in [2.45, 2.75) is 13.3 Å². The van der Waals surface area contributed by atoms with Crippen LogP contribution >= 0.6 is 0 Å². The number of anilines is 1. The Morgan fingerprint density at radius 1 is 0.964 bits per heavy atom.